The molecule has 0 fully saturated rings. The van der Waals surface area contributed by atoms with Gasteiger partial charge >= 0.3 is 0 Å². The zero-order valence-corrected chi connectivity index (χ0v) is 15.1. The number of carbonyl (C=O) groups excluding carboxylic acids is 1. The van der Waals surface area contributed by atoms with E-state index < -0.39 is 0 Å². The third kappa shape index (κ3) is 7.80. The summed E-state index contributed by atoms with van der Waals surface area (Å²) in [5, 5.41) is 9.14. The molecule has 134 valence electrons. The molecule has 0 atom stereocenters. The molecule has 0 unspecified atom stereocenters. The van der Waals surface area contributed by atoms with Crippen molar-refractivity contribution in [2.45, 2.75) is 18.4 Å². The first-order valence-electron chi connectivity index (χ1n) is 8.27. The first kappa shape index (κ1) is 18.9. The minimum absolute atomic E-state index is 0.0713. The highest BCUT2D eigenvalue weighted by atomic mass is 32.2. The maximum Gasteiger partial charge on any atom is 0.242 e. The summed E-state index contributed by atoms with van der Waals surface area (Å²) < 4.78 is 5.17. The number of benzene rings is 1. The van der Waals surface area contributed by atoms with Crippen molar-refractivity contribution in [1.29, 1.82) is 0 Å². The van der Waals surface area contributed by atoms with Crippen LogP contribution in [0.25, 0.3) is 0 Å². The van der Waals surface area contributed by atoms with Gasteiger partial charge in [0.15, 0.2) is 5.96 Å². The van der Waals surface area contributed by atoms with E-state index in [0.717, 1.165) is 24.6 Å². The van der Waals surface area contributed by atoms with Crippen LogP contribution in [0.4, 0.5) is 0 Å². The molecule has 25 heavy (non-hydrogen) atoms. The molecule has 2 rings (SSSR count). The number of rotatable bonds is 9. The number of furan rings is 1. The molecule has 0 aliphatic carbocycles. The molecule has 2 aromatic rings. The van der Waals surface area contributed by atoms with E-state index in [-0.39, 0.29) is 12.5 Å². The lowest BCUT2D eigenvalue weighted by Crippen LogP contribution is -2.39. The number of carbonyl (C=O) groups is 1. The van der Waals surface area contributed by atoms with Crippen molar-refractivity contribution in [1.82, 2.24) is 16.0 Å². The lowest BCUT2D eigenvalue weighted by molar-refractivity contribution is -0.119. The summed E-state index contributed by atoms with van der Waals surface area (Å²) in [4.78, 5) is 17.4. The van der Waals surface area contributed by atoms with E-state index in [0.29, 0.717) is 12.5 Å². The molecular weight excluding hydrogens is 336 g/mol. The van der Waals surface area contributed by atoms with E-state index in [1.807, 2.05) is 31.2 Å². The van der Waals surface area contributed by atoms with Crippen LogP contribution in [0.1, 0.15) is 12.7 Å². The fourth-order valence-electron chi connectivity index (χ4n) is 2.00. The van der Waals surface area contributed by atoms with E-state index in [1.54, 1.807) is 24.1 Å². The molecule has 6 nitrogen and oxygen atoms in total. The number of hydrogen-bond donors (Lipinski definition) is 3. The van der Waals surface area contributed by atoms with Gasteiger partial charge in [0.2, 0.25) is 5.91 Å². The molecule has 0 spiro atoms. The van der Waals surface area contributed by atoms with E-state index in [4.69, 9.17) is 4.42 Å². The third-order valence-electron chi connectivity index (χ3n) is 3.17. The number of aliphatic imine (C=N–C) groups is 1. The SMILES string of the molecule is CCNC(=NCC(=O)NCc1ccco1)NCCSc1ccccc1. The quantitative estimate of drug-likeness (QED) is 0.277. The van der Waals surface area contributed by atoms with Crippen LogP contribution in [0.3, 0.4) is 0 Å². The summed E-state index contributed by atoms with van der Waals surface area (Å²) in [5.41, 5.74) is 0. The Morgan fingerprint density at radius 3 is 2.68 bits per heavy atom. The molecular formula is C18H24N4O2S. The molecule has 0 radical (unpaired) electrons. The van der Waals surface area contributed by atoms with Crippen LogP contribution in [0.15, 0.2) is 63.0 Å². The summed E-state index contributed by atoms with van der Waals surface area (Å²) in [6.45, 7) is 3.94. The predicted octanol–water partition coefficient (Wildman–Crippen LogP) is 2.24. The van der Waals surface area contributed by atoms with Gasteiger partial charge in [-0.3, -0.25) is 4.79 Å². The van der Waals surface area contributed by atoms with E-state index in [9.17, 15) is 4.79 Å². The maximum atomic E-state index is 11.8. The Hall–Kier alpha value is -2.41. The molecule has 0 bridgehead atoms. The normalized spacial score (nSPS) is 11.2. The number of nitrogens with zero attached hydrogens (tertiary/aromatic N) is 1. The van der Waals surface area contributed by atoms with E-state index in [1.165, 1.54) is 4.90 Å². The molecule has 0 saturated heterocycles. The Balaban J connectivity index is 1.68. The second-order valence-corrected chi connectivity index (χ2v) is 6.31. The van der Waals surface area contributed by atoms with Crippen LogP contribution in [0.2, 0.25) is 0 Å². The monoisotopic (exact) mass is 360 g/mol. The molecule has 1 heterocycles. The van der Waals surface area contributed by atoms with Gasteiger partial charge < -0.3 is 20.4 Å². The third-order valence-corrected chi connectivity index (χ3v) is 4.19. The van der Waals surface area contributed by atoms with Gasteiger partial charge in [-0.1, -0.05) is 18.2 Å². The number of hydrogen-bond acceptors (Lipinski definition) is 4. The number of guanidine groups is 1. The summed E-state index contributed by atoms with van der Waals surface area (Å²) in [6.07, 6.45) is 1.58. The largest absolute Gasteiger partial charge is 0.467 e. The van der Waals surface area contributed by atoms with Crippen molar-refractivity contribution in [2.75, 3.05) is 25.4 Å². The van der Waals surface area contributed by atoms with Crippen molar-refractivity contribution in [3.8, 4) is 0 Å². The van der Waals surface area contributed by atoms with Crippen LogP contribution in [0, 0.1) is 0 Å². The van der Waals surface area contributed by atoms with Crippen molar-refractivity contribution in [3.05, 3.63) is 54.5 Å². The highest BCUT2D eigenvalue weighted by Gasteiger charge is 2.03. The zero-order chi connectivity index (χ0) is 17.7. The number of amides is 1. The van der Waals surface area contributed by atoms with Crippen molar-refractivity contribution < 1.29 is 9.21 Å². The van der Waals surface area contributed by atoms with Gasteiger partial charge in [0.1, 0.15) is 12.3 Å². The smallest absolute Gasteiger partial charge is 0.242 e. The lowest BCUT2D eigenvalue weighted by Gasteiger charge is -2.11. The Bertz CT molecular complexity index is 644. The average Bonchev–Trinajstić information content (AvgIpc) is 3.16. The zero-order valence-electron chi connectivity index (χ0n) is 14.3. The van der Waals surface area contributed by atoms with E-state index >= 15 is 0 Å². The predicted molar refractivity (Wildman–Crippen MR) is 102 cm³/mol. The van der Waals surface area contributed by atoms with Gasteiger partial charge in [0.25, 0.3) is 0 Å². The topological polar surface area (TPSA) is 78.7 Å². The Morgan fingerprint density at radius 1 is 1.12 bits per heavy atom. The van der Waals surface area contributed by atoms with Crippen LogP contribution in [0.5, 0.6) is 0 Å². The second-order valence-electron chi connectivity index (χ2n) is 5.14. The standard InChI is InChI=1S/C18H24N4O2S/c1-2-19-18(20-10-12-25-16-8-4-3-5-9-16)22-14-17(23)21-13-15-7-6-11-24-15/h3-9,11H,2,10,12-14H2,1H3,(H,21,23)(H2,19,20,22). The average molecular weight is 360 g/mol. The van der Waals surface area contributed by atoms with Gasteiger partial charge in [-0.2, -0.15) is 0 Å². The summed E-state index contributed by atoms with van der Waals surface area (Å²) in [6, 6.07) is 13.9. The molecule has 1 aromatic heterocycles. The molecule has 3 N–H and O–H groups in total. The first-order chi connectivity index (χ1) is 12.3. The Labute approximate surface area is 152 Å². The van der Waals surface area contributed by atoms with Gasteiger partial charge in [0, 0.05) is 23.7 Å². The Kier molecular flexibility index (Phi) is 8.48. The Morgan fingerprint density at radius 2 is 1.96 bits per heavy atom. The first-order valence-corrected chi connectivity index (χ1v) is 9.25. The van der Waals surface area contributed by atoms with Gasteiger partial charge in [0.05, 0.1) is 12.8 Å². The van der Waals surface area contributed by atoms with Gasteiger partial charge in [-0.25, -0.2) is 4.99 Å². The molecule has 0 saturated carbocycles. The summed E-state index contributed by atoms with van der Waals surface area (Å²) in [5.74, 6) is 2.14. The molecule has 1 amide bonds. The van der Waals surface area contributed by atoms with Crippen LogP contribution < -0.4 is 16.0 Å². The summed E-state index contributed by atoms with van der Waals surface area (Å²) in [7, 11) is 0. The van der Waals surface area contributed by atoms with Crippen LogP contribution in [-0.4, -0.2) is 37.3 Å². The van der Waals surface area contributed by atoms with Gasteiger partial charge in [-0.05, 0) is 31.2 Å². The molecule has 0 aliphatic heterocycles. The molecule has 1 aromatic carbocycles. The second kappa shape index (κ2) is 11.2. The maximum absolute atomic E-state index is 11.8. The summed E-state index contributed by atoms with van der Waals surface area (Å²) >= 11 is 1.78. The van der Waals surface area contributed by atoms with Crippen molar-refractivity contribution in [3.63, 3.8) is 0 Å². The fraction of sp³-hybridized carbons (Fsp3) is 0.333. The molecule has 0 aliphatic rings. The molecule has 7 heteroatoms. The number of thioether (sulfide) groups is 1. The van der Waals surface area contributed by atoms with Crippen molar-refractivity contribution >= 4 is 23.6 Å². The number of nitrogens with one attached hydrogen (secondary N) is 3. The van der Waals surface area contributed by atoms with Crippen LogP contribution >= 0.6 is 11.8 Å². The van der Waals surface area contributed by atoms with E-state index in [2.05, 4.69) is 33.1 Å². The fourth-order valence-corrected chi connectivity index (χ4v) is 2.79. The highest BCUT2D eigenvalue weighted by Crippen LogP contribution is 2.15. The minimum Gasteiger partial charge on any atom is -0.467 e. The highest BCUT2D eigenvalue weighted by molar-refractivity contribution is 7.99. The lowest BCUT2D eigenvalue weighted by atomic mass is 10.4. The minimum atomic E-state index is -0.146. The van der Waals surface area contributed by atoms with Gasteiger partial charge in [-0.15, -0.1) is 11.8 Å². The van der Waals surface area contributed by atoms with Crippen molar-refractivity contribution in [2.24, 2.45) is 4.99 Å². The van der Waals surface area contributed by atoms with Crippen LogP contribution in [-0.2, 0) is 11.3 Å².